The molecule has 0 saturated carbocycles. The molecule has 0 fully saturated rings. The third-order valence-corrected chi connectivity index (χ3v) is 3.58. The molecule has 0 spiro atoms. The molecule has 0 aromatic heterocycles. The Hall–Kier alpha value is -1.76. The van der Waals surface area contributed by atoms with Crippen LogP contribution in [0.5, 0.6) is 5.75 Å². The molecule has 0 aliphatic carbocycles. The first kappa shape index (κ1) is 11.7. The predicted octanol–water partition coefficient (Wildman–Crippen LogP) is 4.29. The molecular formula is C16H18O. The number of aryl methyl sites for hydroxylation is 2. The SMILES string of the molecule is Cc1ccc(-c2ccc(O)c(C)c2C)cc1C. The van der Waals surface area contributed by atoms with E-state index in [0.717, 1.165) is 11.1 Å². The Bertz CT molecular complexity index is 568. The summed E-state index contributed by atoms with van der Waals surface area (Å²) in [7, 11) is 0. The smallest absolute Gasteiger partial charge is 0.118 e. The topological polar surface area (TPSA) is 20.2 Å². The van der Waals surface area contributed by atoms with Crippen LogP contribution >= 0.6 is 0 Å². The monoisotopic (exact) mass is 226 g/mol. The van der Waals surface area contributed by atoms with Gasteiger partial charge in [0.25, 0.3) is 0 Å². The molecule has 88 valence electrons. The van der Waals surface area contributed by atoms with E-state index in [1.165, 1.54) is 22.3 Å². The van der Waals surface area contributed by atoms with Gasteiger partial charge < -0.3 is 5.11 Å². The van der Waals surface area contributed by atoms with E-state index < -0.39 is 0 Å². The number of rotatable bonds is 1. The summed E-state index contributed by atoms with van der Waals surface area (Å²) in [5, 5.41) is 9.67. The molecule has 0 unspecified atom stereocenters. The van der Waals surface area contributed by atoms with E-state index in [1.807, 2.05) is 13.0 Å². The standard InChI is InChI=1S/C16H18O/c1-10-5-6-14(9-11(10)2)15-7-8-16(17)13(4)12(15)3/h5-9,17H,1-4H3. The summed E-state index contributed by atoms with van der Waals surface area (Å²) in [6.07, 6.45) is 0. The summed E-state index contributed by atoms with van der Waals surface area (Å²) in [4.78, 5) is 0. The third kappa shape index (κ3) is 2.05. The van der Waals surface area contributed by atoms with Crippen LogP contribution in [0.2, 0.25) is 0 Å². The number of phenolic OH excluding ortho intramolecular Hbond substituents is 1. The van der Waals surface area contributed by atoms with Gasteiger partial charge in [-0.25, -0.2) is 0 Å². The summed E-state index contributed by atoms with van der Waals surface area (Å²) >= 11 is 0. The second kappa shape index (κ2) is 4.25. The predicted molar refractivity (Wildman–Crippen MR) is 72.5 cm³/mol. The molecule has 1 nitrogen and oxygen atoms in total. The Morgan fingerprint density at radius 2 is 1.47 bits per heavy atom. The lowest BCUT2D eigenvalue weighted by molar-refractivity contribution is 0.470. The van der Waals surface area contributed by atoms with Crippen LogP contribution in [0.15, 0.2) is 30.3 Å². The van der Waals surface area contributed by atoms with Gasteiger partial charge in [0.05, 0.1) is 0 Å². The van der Waals surface area contributed by atoms with Crippen molar-refractivity contribution >= 4 is 0 Å². The second-order valence-corrected chi connectivity index (χ2v) is 4.68. The molecule has 0 atom stereocenters. The van der Waals surface area contributed by atoms with Crippen LogP contribution in [0, 0.1) is 27.7 Å². The molecule has 0 radical (unpaired) electrons. The van der Waals surface area contributed by atoms with E-state index in [2.05, 4.69) is 39.0 Å². The van der Waals surface area contributed by atoms with Gasteiger partial charge in [-0.15, -0.1) is 0 Å². The van der Waals surface area contributed by atoms with Gasteiger partial charge in [-0.05, 0) is 67.1 Å². The van der Waals surface area contributed by atoms with E-state index in [9.17, 15) is 5.11 Å². The lowest BCUT2D eigenvalue weighted by Gasteiger charge is -2.12. The van der Waals surface area contributed by atoms with Crippen molar-refractivity contribution in [3.8, 4) is 16.9 Å². The lowest BCUT2D eigenvalue weighted by Crippen LogP contribution is -1.89. The highest BCUT2D eigenvalue weighted by molar-refractivity contribution is 5.70. The highest BCUT2D eigenvalue weighted by atomic mass is 16.3. The van der Waals surface area contributed by atoms with Crippen LogP contribution in [0.4, 0.5) is 0 Å². The van der Waals surface area contributed by atoms with Crippen molar-refractivity contribution in [1.82, 2.24) is 0 Å². The fourth-order valence-electron chi connectivity index (χ4n) is 2.03. The van der Waals surface area contributed by atoms with Crippen molar-refractivity contribution in [2.24, 2.45) is 0 Å². The quantitative estimate of drug-likeness (QED) is 0.769. The number of benzene rings is 2. The number of aromatic hydroxyl groups is 1. The van der Waals surface area contributed by atoms with Crippen molar-refractivity contribution in [3.63, 3.8) is 0 Å². The van der Waals surface area contributed by atoms with E-state index in [4.69, 9.17) is 0 Å². The van der Waals surface area contributed by atoms with E-state index >= 15 is 0 Å². The number of hydrogen-bond acceptors (Lipinski definition) is 1. The van der Waals surface area contributed by atoms with E-state index in [1.54, 1.807) is 6.07 Å². The van der Waals surface area contributed by atoms with Crippen molar-refractivity contribution in [2.45, 2.75) is 27.7 Å². The molecule has 0 aliphatic rings. The van der Waals surface area contributed by atoms with Gasteiger partial charge in [0, 0.05) is 0 Å². The minimum absolute atomic E-state index is 0.370. The van der Waals surface area contributed by atoms with E-state index in [-0.39, 0.29) is 0 Å². The molecule has 0 heterocycles. The Morgan fingerprint density at radius 3 is 2.12 bits per heavy atom. The van der Waals surface area contributed by atoms with Crippen molar-refractivity contribution in [2.75, 3.05) is 0 Å². The molecule has 0 saturated heterocycles. The first-order chi connectivity index (χ1) is 8.00. The highest BCUT2D eigenvalue weighted by Crippen LogP contribution is 2.31. The van der Waals surface area contributed by atoms with Crippen LogP contribution in [0.25, 0.3) is 11.1 Å². The first-order valence-corrected chi connectivity index (χ1v) is 5.87. The normalized spacial score (nSPS) is 10.6. The van der Waals surface area contributed by atoms with Gasteiger partial charge >= 0.3 is 0 Å². The van der Waals surface area contributed by atoms with Crippen molar-refractivity contribution < 1.29 is 5.11 Å². The van der Waals surface area contributed by atoms with Crippen LogP contribution < -0.4 is 0 Å². The van der Waals surface area contributed by atoms with Gasteiger partial charge in [0.1, 0.15) is 5.75 Å². The minimum Gasteiger partial charge on any atom is -0.508 e. The Balaban J connectivity index is 2.61. The fraction of sp³-hybridized carbons (Fsp3) is 0.250. The molecule has 2 aromatic carbocycles. The van der Waals surface area contributed by atoms with Crippen molar-refractivity contribution in [1.29, 1.82) is 0 Å². The molecular weight excluding hydrogens is 208 g/mol. The van der Waals surface area contributed by atoms with E-state index in [0.29, 0.717) is 5.75 Å². The summed E-state index contributed by atoms with van der Waals surface area (Å²) in [6.45, 7) is 8.25. The third-order valence-electron chi connectivity index (χ3n) is 3.58. The second-order valence-electron chi connectivity index (χ2n) is 4.68. The van der Waals surface area contributed by atoms with Gasteiger partial charge in [0.15, 0.2) is 0 Å². The van der Waals surface area contributed by atoms with Crippen LogP contribution in [0.3, 0.4) is 0 Å². The number of phenols is 1. The Kier molecular flexibility index (Phi) is 2.93. The number of hydrogen-bond donors (Lipinski definition) is 1. The van der Waals surface area contributed by atoms with Crippen LogP contribution in [-0.4, -0.2) is 5.11 Å². The van der Waals surface area contributed by atoms with Gasteiger partial charge in [-0.1, -0.05) is 24.3 Å². The average molecular weight is 226 g/mol. The summed E-state index contributed by atoms with van der Waals surface area (Å²) in [5.74, 6) is 0.370. The van der Waals surface area contributed by atoms with Crippen LogP contribution in [0.1, 0.15) is 22.3 Å². The maximum Gasteiger partial charge on any atom is 0.118 e. The van der Waals surface area contributed by atoms with Crippen molar-refractivity contribution in [3.05, 3.63) is 52.6 Å². The zero-order chi connectivity index (χ0) is 12.6. The molecule has 0 amide bonds. The lowest BCUT2D eigenvalue weighted by atomic mass is 9.94. The Morgan fingerprint density at radius 1 is 0.765 bits per heavy atom. The van der Waals surface area contributed by atoms with Gasteiger partial charge in [0.2, 0.25) is 0 Å². The summed E-state index contributed by atoms with van der Waals surface area (Å²) in [6, 6.07) is 10.2. The minimum atomic E-state index is 0.370. The van der Waals surface area contributed by atoms with Crippen LogP contribution in [-0.2, 0) is 0 Å². The maximum absolute atomic E-state index is 9.67. The molecule has 0 bridgehead atoms. The molecule has 2 aromatic rings. The largest absolute Gasteiger partial charge is 0.508 e. The first-order valence-electron chi connectivity index (χ1n) is 5.87. The maximum atomic E-state index is 9.67. The summed E-state index contributed by atoms with van der Waals surface area (Å²) < 4.78 is 0. The molecule has 1 heteroatoms. The zero-order valence-electron chi connectivity index (χ0n) is 10.8. The molecule has 2 rings (SSSR count). The highest BCUT2D eigenvalue weighted by Gasteiger charge is 2.07. The average Bonchev–Trinajstić information content (AvgIpc) is 2.30. The molecule has 17 heavy (non-hydrogen) atoms. The molecule has 0 aliphatic heterocycles. The summed E-state index contributed by atoms with van der Waals surface area (Å²) in [5.41, 5.74) is 7.13. The molecule has 1 N–H and O–H groups in total. The fourth-order valence-corrected chi connectivity index (χ4v) is 2.03. The zero-order valence-corrected chi connectivity index (χ0v) is 10.8. The van der Waals surface area contributed by atoms with Gasteiger partial charge in [-0.2, -0.15) is 0 Å². The van der Waals surface area contributed by atoms with Gasteiger partial charge in [-0.3, -0.25) is 0 Å². The Labute approximate surface area is 103 Å².